The van der Waals surface area contributed by atoms with Crippen LogP contribution in [-0.4, -0.2) is 31.6 Å². The Morgan fingerprint density at radius 3 is 2.73 bits per heavy atom. The molecule has 2 N–H and O–H groups in total. The van der Waals surface area contributed by atoms with E-state index in [-0.39, 0.29) is 5.91 Å². The lowest BCUT2D eigenvalue weighted by atomic mass is 9.89. The molecule has 2 fully saturated rings. The lowest BCUT2D eigenvalue weighted by Gasteiger charge is -2.28. The van der Waals surface area contributed by atoms with Crippen molar-refractivity contribution in [1.82, 2.24) is 10.6 Å². The zero-order chi connectivity index (χ0) is 15.4. The molecule has 3 rings (SSSR count). The Kier molecular flexibility index (Phi) is 4.98. The molecule has 2 aliphatic heterocycles. The lowest BCUT2D eigenvalue weighted by Crippen LogP contribution is -2.39. The topological polar surface area (TPSA) is 50.4 Å². The Hall–Kier alpha value is -1.55. The van der Waals surface area contributed by atoms with E-state index in [9.17, 15) is 4.79 Å². The number of methoxy groups -OCH3 is 1. The summed E-state index contributed by atoms with van der Waals surface area (Å²) < 4.78 is 5.34. The van der Waals surface area contributed by atoms with Crippen LogP contribution in [0.2, 0.25) is 0 Å². The fourth-order valence-electron chi connectivity index (χ4n) is 3.92. The Balaban J connectivity index is 1.41. The van der Waals surface area contributed by atoms with Crippen molar-refractivity contribution in [3.8, 4) is 5.75 Å². The molecule has 22 heavy (non-hydrogen) atoms. The summed E-state index contributed by atoms with van der Waals surface area (Å²) >= 11 is 0. The summed E-state index contributed by atoms with van der Waals surface area (Å²) in [7, 11) is 1.68. The molecule has 2 atom stereocenters. The number of carbonyl (C=O) groups is 1. The van der Waals surface area contributed by atoms with Gasteiger partial charge in [0.2, 0.25) is 5.91 Å². The van der Waals surface area contributed by atoms with Crippen LogP contribution >= 0.6 is 0 Å². The molecule has 0 saturated carbocycles. The summed E-state index contributed by atoms with van der Waals surface area (Å²) in [4.78, 5) is 12.1. The number of hydrogen-bond donors (Lipinski definition) is 2. The summed E-state index contributed by atoms with van der Waals surface area (Å²) in [5, 5.41) is 6.69. The molecule has 2 saturated heterocycles. The van der Waals surface area contributed by atoms with Gasteiger partial charge in [0.1, 0.15) is 5.75 Å². The third kappa shape index (κ3) is 3.80. The second-order valence-electron chi connectivity index (χ2n) is 6.59. The van der Waals surface area contributed by atoms with Crippen LogP contribution in [0.1, 0.15) is 37.7 Å². The van der Waals surface area contributed by atoms with Crippen molar-refractivity contribution in [2.75, 3.05) is 13.7 Å². The number of carbonyl (C=O) groups excluding carboxylic acids is 1. The molecular formula is C18H26N2O2. The van der Waals surface area contributed by atoms with E-state index in [1.54, 1.807) is 7.11 Å². The van der Waals surface area contributed by atoms with Crippen LogP contribution in [0.4, 0.5) is 0 Å². The van der Waals surface area contributed by atoms with E-state index in [0.29, 0.717) is 31.0 Å². The van der Waals surface area contributed by atoms with Gasteiger partial charge in [-0.15, -0.1) is 0 Å². The maximum atomic E-state index is 12.1. The average molecular weight is 302 g/mol. The first-order valence-corrected chi connectivity index (χ1v) is 8.39. The van der Waals surface area contributed by atoms with Crippen LogP contribution in [0, 0.1) is 5.92 Å². The molecule has 2 aliphatic rings. The smallest absolute Gasteiger partial charge is 0.220 e. The zero-order valence-electron chi connectivity index (χ0n) is 13.3. The van der Waals surface area contributed by atoms with Crippen LogP contribution in [0.25, 0.3) is 0 Å². The Labute approximate surface area is 132 Å². The van der Waals surface area contributed by atoms with Gasteiger partial charge >= 0.3 is 0 Å². The first-order valence-electron chi connectivity index (χ1n) is 8.39. The predicted octanol–water partition coefficient (Wildman–Crippen LogP) is 2.27. The molecule has 1 aromatic rings. The molecule has 1 aromatic carbocycles. The van der Waals surface area contributed by atoms with E-state index in [1.807, 2.05) is 18.2 Å². The van der Waals surface area contributed by atoms with Gasteiger partial charge in [0.05, 0.1) is 7.11 Å². The van der Waals surface area contributed by atoms with E-state index in [0.717, 1.165) is 30.6 Å². The molecule has 0 aromatic heterocycles. The van der Waals surface area contributed by atoms with Crippen molar-refractivity contribution in [3.05, 3.63) is 29.8 Å². The highest BCUT2D eigenvalue weighted by atomic mass is 16.5. The second kappa shape index (κ2) is 7.14. The SMILES string of the molecule is COc1ccccc1CCNC(=O)CC1CC2CCC(C1)N2. The van der Waals surface area contributed by atoms with Gasteiger partial charge < -0.3 is 15.4 Å². The number of amides is 1. The Bertz CT molecular complexity index is 506. The minimum absolute atomic E-state index is 0.196. The normalized spacial score (nSPS) is 26.7. The molecule has 0 spiro atoms. The van der Waals surface area contributed by atoms with Gasteiger partial charge in [-0.1, -0.05) is 18.2 Å². The van der Waals surface area contributed by atoms with Gasteiger partial charge in [-0.05, 0) is 49.7 Å². The highest BCUT2D eigenvalue weighted by Crippen LogP contribution is 2.32. The van der Waals surface area contributed by atoms with Crippen LogP contribution in [-0.2, 0) is 11.2 Å². The molecule has 120 valence electrons. The van der Waals surface area contributed by atoms with Crippen molar-refractivity contribution >= 4 is 5.91 Å². The van der Waals surface area contributed by atoms with Crippen molar-refractivity contribution in [2.45, 2.75) is 50.6 Å². The molecular weight excluding hydrogens is 276 g/mol. The molecule has 2 heterocycles. The Morgan fingerprint density at radius 2 is 2.00 bits per heavy atom. The maximum absolute atomic E-state index is 12.1. The number of fused-ring (bicyclic) bond motifs is 2. The summed E-state index contributed by atoms with van der Waals surface area (Å²) in [5.74, 6) is 1.65. The van der Waals surface area contributed by atoms with E-state index >= 15 is 0 Å². The number of hydrogen-bond acceptors (Lipinski definition) is 3. The van der Waals surface area contributed by atoms with E-state index in [4.69, 9.17) is 4.74 Å². The summed E-state index contributed by atoms with van der Waals surface area (Å²) in [6.07, 6.45) is 6.40. The van der Waals surface area contributed by atoms with Gasteiger partial charge in [-0.3, -0.25) is 4.79 Å². The van der Waals surface area contributed by atoms with E-state index in [1.165, 1.54) is 12.8 Å². The quantitative estimate of drug-likeness (QED) is 0.847. The minimum atomic E-state index is 0.196. The summed E-state index contributed by atoms with van der Waals surface area (Å²) in [5.41, 5.74) is 1.14. The van der Waals surface area contributed by atoms with Gasteiger partial charge in [-0.2, -0.15) is 0 Å². The summed E-state index contributed by atoms with van der Waals surface area (Å²) in [6, 6.07) is 9.30. The average Bonchev–Trinajstić information content (AvgIpc) is 2.86. The minimum Gasteiger partial charge on any atom is -0.496 e. The van der Waals surface area contributed by atoms with Gasteiger partial charge in [0, 0.05) is 25.0 Å². The first kappa shape index (κ1) is 15.3. The standard InChI is InChI=1S/C18H26N2O2/c1-22-17-5-3-2-4-14(17)8-9-19-18(21)12-13-10-15-6-7-16(11-13)20-15/h2-5,13,15-16,20H,6-12H2,1H3,(H,19,21). The molecule has 2 unspecified atom stereocenters. The first-order chi connectivity index (χ1) is 10.7. The number of nitrogens with one attached hydrogen (secondary N) is 2. The number of para-hydroxylation sites is 1. The number of ether oxygens (including phenoxy) is 1. The van der Waals surface area contributed by atoms with Gasteiger partial charge in [-0.25, -0.2) is 0 Å². The van der Waals surface area contributed by atoms with Crippen molar-refractivity contribution in [1.29, 1.82) is 0 Å². The van der Waals surface area contributed by atoms with Crippen LogP contribution in [0.3, 0.4) is 0 Å². The number of piperidine rings is 1. The number of benzene rings is 1. The van der Waals surface area contributed by atoms with Gasteiger partial charge in [0.25, 0.3) is 0 Å². The van der Waals surface area contributed by atoms with Gasteiger partial charge in [0.15, 0.2) is 0 Å². The second-order valence-corrected chi connectivity index (χ2v) is 6.59. The molecule has 0 aliphatic carbocycles. The fraction of sp³-hybridized carbons (Fsp3) is 0.611. The van der Waals surface area contributed by atoms with Crippen LogP contribution in [0.15, 0.2) is 24.3 Å². The maximum Gasteiger partial charge on any atom is 0.220 e. The van der Waals surface area contributed by atoms with Crippen molar-refractivity contribution < 1.29 is 9.53 Å². The largest absolute Gasteiger partial charge is 0.496 e. The highest BCUT2D eigenvalue weighted by Gasteiger charge is 2.34. The molecule has 0 radical (unpaired) electrons. The molecule has 4 heteroatoms. The van der Waals surface area contributed by atoms with Crippen LogP contribution in [0.5, 0.6) is 5.75 Å². The van der Waals surface area contributed by atoms with Crippen LogP contribution < -0.4 is 15.4 Å². The Morgan fingerprint density at radius 1 is 1.27 bits per heavy atom. The zero-order valence-corrected chi connectivity index (χ0v) is 13.3. The lowest BCUT2D eigenvalue weighted by molar-refractivity contribution is -0.122. The third-order valence-electron chi connectivity index (χ3n) is 4.95. The third-order valence-corrected chi connectivity index (χ3v) is 4.95. The van der Waals surface area contributed by atoms with Crippen molar-refractivity contribution in [2.24, 2.45) is 5.92 Å². The molecule has 1 amide bonds. The molecule has 4 nitrogen and oxygen atoms in total. The van der Waals surface area contributed by atoms with E-state index in [2.05, 4.69) is 16.7 Å². The summed E-state index contributed by atoms with van der Waals surface area (Å²) in [6.45, 7) is 0.678. The monoisotopic (exact) mass is 302 g/mol. The fourth-order valence-corrected chi connectivity index (χ4v) is 3.92. The highest BCUT2D eigenvalue weighted by molar-refractivity contribution is 5.76. The van der Waals surface area contributed by atoms with E-state index < -0.39 is 0 Å². The number of rotatable bonds is 6. The van der Waals surface area contributed by atoms with Crippen molar-refractivity contribution in [3.63, 3.8) is 0 Å². The predicted molar refractivity (Wildman–Crippen MR) is 87.0 cm³/mol. The molecule has 2 bridgehead atoms.